The first kappa shape index (κ1) is 17.0. The van der Waals surface area contributed by atoms with Crippen LogP contribution in [0.2, 0.25) is 0 Å². The molecule has 1 aliphatic rings. The molecule has 0 saturated carbocycles. The fraction of sp³-hybridized carbons (Fsp3) is 0.714. The molecule has 124 valence electrons. The first-order valence-corrected chi connectivity index (χ1v) is 9.41. The van der Waals surface area contributed by atoms with Gasteiger partial charge in [0.2, 0.25) is 5.91 Å². The van der Waals surface area contributed by atoms with E-state index in [9.17, 15) is 13.2 Å². The minimum Gasteiger partial charge on any atom is -0.353 e. The van der Waals surface area contributed by atoms with Crippen molar-refractivity contribution in [3.05, 3.63) is 18.2 Å². The molecule has 22 heavy (non-hydrogen) atoms. The van der Waals surface area contributed by atoms with Crippen molar-refractivity contribution >= 4 is 15.7 Å². The lowest BCUT2D eigenvalue weighted by Crippen LogP contribution is -2.41. The van der Waals surface area contributed by atoms with E-state index in [4.69, 9.17) is 0 Å². The second-order valence-corrected chi connectivity index (χ2v) is 7.94. The van der Waals surface area contributed by atoms with Gasteiger partial charge < -0.3 is 9.88 Å². The van der Waals surface area contributed by atoms with Gasteiger partial charge in [-0.2, -0.15) is 0 Å². The number of sulfone groups is 1. The normalized spacial score (nSPS) is 20.4. The molecule has 0 aliphatic carbocycles. The maximum Gasteiger partial charge on any atom is 0.234 e. The fourth-order valence-electron chi connectivity index (χ4n) is 2.71. The van der Waals surface area contributed by atoms with Gasteiger partial charge in [0, 0.05) is 37.9 Å². The number of hydrogen-bond acceptors (Lipinski definition) is 5. The Morgan fingerprint density at radius 2 is 2.32 bits per heavy atom. The van der Waals surface area contributed by atoms with Crippen LogP contribution in [0.5, 0.6) is 0 Å². The van der Waals surface area contributed by atoms with Gasteiger partial charge in [-0.3, -0.25) is 9.69 Å². The Kier molecular flexibility index (Phi) is 5.57. The molecule has 0 radical (unpaired) electrons. The van der Waals surface area contributed by atoms with Crippen molar-refractivity contribution < 1.29 is 13.2 Å². The zero-order chi connectivity index (χ0) is 16.2. The van der Waals surface area contributed by atoms with Crippen molar-refractivity contribution in [1.29, 1.82) is 0 Å². The van der Waals surface area contributed by atoms with Gasteiger partial charge in [-0.15, -0.1) is 0 Å². The fourth-order valence-corrected chi connectivity index (χ4v) is 4.51. The lowest BCUT2D eigenvalue weighted by Gasteiger charge is -2.22. The lowest BCUT2D eigenvalue weighted by atomic mass is 10.2. The van der Waals surface area contributed by atoms with Crippen molar-refractivity contribution in [2.24, 2.45) is 0 Å². The van der Waals surface area contributed by atoms with Gasteiger partial charge in [0.25, 0.3) is 0 Å². The van der Waals surface area contributed by atoms with Crippen molar-refractivity contribution in [2.75, 3.05) is 31.6 Å². The molecular weight excluding hydrogens is 304 g/mol. The number of aryl methyl sites for hydroxylation is 1. The Morgan fingerprint density at radius 1 is 1.55 bits per heavy atom. The number of nitrogens with zero attached hydrogens (tertiary/aromatic N) is 3. The Labute approximate surface area is 131 Å². The summed E-state index contributed by atoms with van der Waals surface area (Å²) >= 11 is 0. The van der Waals surface area contributed by atoms with Crippen LogP contribution in [-0.2, 0) is 27.6 Å². The largest absolute Gasteiger partial charge is 0.353 e. The number of carbonyl (C=O) groups is 1. The SMILES string of the molecule is CCc1nccn1CCNC(=O)CN(C)C1CCS(=O)(=O)C1. The number of aromatic nitrogens is 2. The van der Waals surface area contributed by atoms with E-state index in [2.05, 4.69) is 10.3 Å². The third-order valence-electron chi connectivity index (χ3n) is 4.02. The van der Waals surface area contributed by atoms with Gasteiger partial charge in [-0.05, 0) is 13.5 Å². The molecule has 1 atom stereocenters. The first-order chi connectivity index (χ1) is 10.4. The van der Waals surface area contributed by atoms with Crippen LogP contribution in [-0.4, -0.2) is 66.5 Å². The molecule has 1 fully saturated rings. The second-order valence-electron chi connectivity index (χ2n) is 5.71. The molecule has 1 aromatic rings. The summed E-state index contributed by atoms with van der Waals surface area (Å²) in [5.41, 5.74) is 0. The standard InChI is InChI=1S/C14H24N4O3S/c1-3-13-15-5-7-18(13)8-6-16-14(19)10-17(2)12-4-9-22(20,21)11-12/h5,7,12H,3-4,6,8-11H2,1-2H3,(H,16,19). The Balaban J connectivity index is 1.72. The van der Waals surface area contributed by atoms with Gasteiger partial charge >= 0.3 is 0 Å². The van der Waals surface area contributed by atoms with E-state index in [1.54, 1.807) is 13.2 Å². The van der Waals surface area contributed by atoms with Crippen LogP contribution < -0.4 is 5.32 Å². The number of hydrogen-bond donors (Lipinski definition) is 1. The van der Waals surface area contributed by atoms with Crippen molar-refractivity contribution in [3.8, 4) is 0 Å². The zero-order valence-electron chi connectivity index (χ0n) is 13.2. The third-order valence-corrected chi connectivity index (χ3v) is 5.77. The van der Waals surface area contributed by atoms with E-state index in [1.807, 2.05) is 22.6 Å². The molecule has 1 saturated heterocycles. The van der Waals surface area contributed by atoms with Crippen LogP contribution in [0, 0.1) is 0 Å². The maximum absolute atomic E-state index is 11.9. The Hall–Kier alpha value is -1.41. The first-order valence-electron chi connectivity index (χ1n) is 7.58. The number of imidazole rings is 1. The van der Waals surface area contributed by atoms with E-state index >= 15 is 0 Å². The zero-order valence-corrected chi connectivity index (χ0v) is 14.0. The molecule has 0 spiro atoms. The van der Waals surface area contributed by atoms with Crippen LogP contribution in [0.25, 0.3) is 0 Å². The van der Waals surface area contributed by atoms with Crippen molar-refractivity contribution in [3.63, 3.8) is 0 Å². The molecule has 1 unspecified atom stereocenters. The molecule has 1 amide bonds. The second kappa shape index (κ2) is 7.23. The van der Waals surface area contributed by atoms with Crippen molar-refractivity contribution in [1.82, 2.24) is 19.8 Å². The number of amides is 1. The summed E-state index contributed by atoms with van der Waals surface area (Å²) in [5.74, 6) is 1.31. The molecule has 8 heteroatoms. The molecule has 7 nitrogen and oxygen atoms in total. The Bertz CT molecular complexity index is 611. The van der Waals surface area contributed by atoms with Gasteiger partial charge in [0.1, 0.15) is 5.82 Å². The smallest absolute Gasteiger partial charge is 0.234 e. The molecule has 2 heterocycles. The van der Waals surface area contributed by atoms with E-state index in [1.165, 1.54) is 0 Å². The van der Waals surface area contributed by atoms with Crippen LogP contribution in [0.15, 0.2) is 12.4 Å². The van der Waals surface area contributed by atoms with E-state index in [0.717, 1.165) is 12.2 Å². The predicted molar refractivity (Wildman–Crippen MR) is 84.3 cm³/mol. The van der Waals surface area contributed by atoms with Crippen LogP contribution in [0.1, 0.15) is 19.2 Å². The van der Waals surface area contributed by atoms with Gasteiger partial charge in [-0.25, -0.2) is 13.4 Å². The molecule has 1 N–H and O–H groups in total. The highest BCUT2D eigenvalue weighted by molar-refractivity contribution is 7.91. The summed E-state index contributed by atoms with van der Waals surface area (Å²) in [4.78, 5) is 18.0. The van der Waals surface area contributed by atoms with Gasteiger partial charge in [-0.1, -0.05) is 6.92 Å². The summed E-state index contributed by atoms with van der Waals surface area (Å²) in [6.07, 6.45) is 5.14. The van der Waals surface area contributed by atoms with E-state index < -0.39 is 9.84 Å². The number of nitrogens with one attached hydrogen (secondary N) is 1. The Morgan fingerprint density at radius 3 is 2.95 bits per heavy atom. The maximum atomic E-state index is 11.9. The molecular formula is C14H24N4O3S. The van der Waals surface area contributed by atoms with Crippen LogP contribution in [0.3, 0.4) is 0 Å². The van der Waals surface area contributed by atoms with Crippen molar-refractivity contribution in [2.45, 2.75) is 32.4 Å². The number of likely N-dealkylation sites (N-methyl/N-ethyl adjacent to an activating group) is 1. The highest BCUT2D eigenvalue weighted by Gasteiger charge is 2.31. The highest BCUT2D eigenvalue weighted by Crippen LogP contribution is 2.15. The monoisotopic (exact) mass is 328 g/mol. The molecule has 0 aromatic carbocycles. The lowest BCUT2D eigenvalue weighted by molar-refractivity contribution is -0.122. The quantitative estimate of drug-likeness (QED) is 0.742. The summed E-state index contributed by atoms with van der Waals surface area (Å²) in [5, 5.41) is 2.87. The van der Waals surface area contributed by atoms with Crippen LogP contribution >= 0.6 is 0 Å². The number of carbonyl (C=O) groups excluding carboxylic acids is 1. The predicted octanol–water partition coefficient (Wildman–Crippen LogP) is -0.319. The molecule has 0 bridgehead atoms. The summed E-state index contributed by atoms with van der Waals surface area (Å²) in [7, 11) is -1.11. The van der Waals surface area contributed by atoms with Crippen LogP contribution in [0.4, 0.5) is 0 Å². The summed E-state index contributed by atoms with van der Waals surface area (Å²) in [6, 6.07) is -0.0453. The third kappa shape index (κ3) is 4.54. The minimum absolute atomic E-state index is 0.0453. The summed E-state index contributed by atoms with van der Waals surface area (Å²) in [6.45, 7) is 3.50. The average molecular weight is 328 g/mol. The van der Waals surface area contributed by atoms with E-state index in [-0.39, 0.29) is 30.0 Å². The average Bonchev–Trinajstić information content (AvgIpc) is 3.04. The minimum atomic E-state index is -2.91. The molecule has 2 rings (SSSR count). The molecule has 1 aromatic heterocycles. The van der Waals surface area contributed by atoms with Gasteiger partial charge in [0.05, 0.1) is 18.1 Å². The number of rotatable bonds is 7. The molecule has 1 aliphatic heterocycles. The van der Waals surface area contributed by atoms with Gasteiger partial charge in [0.15, 0.2) is 9.84 Å². The summed E-state index contributed by atoms with van der Waals surface area (Å²) < 4.78 is 24.9. The highest BCUT2D eigenvalue weighted by atomic mass is 32.2. The topological polar surface area (TPSA) is 84.3 Å². The van der Waals surface area contributed by atoms with E-state index in [0.29, 0.717) is 19.5 Å².